The van der Waals surface area contributed by atoms with Gasteiger partial charge in [-0.05, 0) is 70.0 Å². The van der Waals surface area contributed by atoms with Crippen molar-refractivity contribution in [1.29, 1.82) is 5.41 Å². The number of hydrogen-bond donors (Lipinski definition) is 2. The Morgan fingerprint density at radius 2 is 2.00 bits per heavy atom. The van der Waals surface area contributed by atoms with Crippen molar-refractivity contribution in [2.24, 2.45) is 5.73 Å². The van der Waals surface area contributed by atoms with Crippen LogP contribution in [0, 0.1) is 19.3 Å². The minimum Gasteiger partial charge on any atom is -0.493 e. The third kappa shape index (κ3) is 3.97. The Labute approximate surface area is 127 Å². The molecule has 2 rings (SSSR count). The van der Waals surface area contributed by atoms with Crippen molar-refractivity contribution in [3.8, 4) is 5.75 Å². The van der Waals surface area contributed by atoms with Crippen LogP contribution in [0.1, 0.15) is 42.4 Å². The average molecular weight is 289 g/mol. The van der Waals surface area contributed by atoms with E-state index in [4.69, 9.17) is 15.9 Å². The molecule has 0 saturated carbocycles. The lowest BCUT2D eigenvalue weighted by molar-refractivity contribution is 0.152. The van der Waals surface area contributed by atoms with Crippen LogP contribution < -0.4 is 10.5 Å². The molecule has 1 aliphatic heterocycles. The van der Waals surface area contributed by atoms with Gasteiger partial charge in [-0.2, -0.15) is 0 Å². The summed E-state index contributed by atoms with van der Waals surface area (Å²) in [5.74, 6) is 1.05. The monoisotopic (exact) mass is 289 g/mol. The summed E-state index contributed by atoms with van der Waals surface area (Å²) in [6, 6.07) is 4.50. The smallest absolute Gasteiger partial charge is 0.125 e. The van der Waals surface area contributed by atoms with E-state index in [1.807, 2.05) is 26.0 Å². The molecule has 4 nitrogen and oxygen atoms in total. The number of nitrogens with zero attached hydrogens (tertiary/aromatic N) is 1. The third-order valence-electron chi connectivity index (χ3n) is 4.39. The van der Waals surface area contributed by atoms with Gasteiger partial charge in [0, 0.05) is 11.6 Å². The van der Waals surface area contributed by atoms with Crippen molar-refractivity contribution < 1.29 is 4.74 Å². The van der Waals surface area contributed by atoms with Gasteiger partial charge >= 0.3 is 0 Å². The molecule has 0 aliphatic carbocycles. The molecule has 4 heteroatoms. The van der Waals surface area contributed by atoms with Gasteiger partial charge in [0.15, 0.2) is 0 Å². The number of ether oxygens (including phenoxy) is 1. The third-order valence-corrected chi connectivity index (χ3v) is 4.39. The molecule has 1 heterocycles. The van der Waals surface area contributed by atoms with Crippen LogP contribution in [0.4, 0.5) is 0 Å². The zero-order chi connectivity index (χ0) is 15.4. The molecule has 0 bridgehead atoms. The standard InChI is InChI=1S/C17H27N3O/c1-12-10-14(17(18)19)11-13(2)16(12)21-9-7-15-6-4-5-8-20(15)3/h10-11,15H,4-9H2,1-3H3,(H3,18,19). The van der Waals surface area contributed by atoms with Gasteiger partial charge < -0.3 is 15.4 Å². The first-order chi connectivity index (χ1) is 9.99. The summed E-state index contributed by atoms with van der Waals surface area (Å²) in [5, 5.41) is 7.52. The molecule has 1 aromatic carbocycles. The maximum atomic E-state index is 7.52. The van der Waals surface area contributed by atoms with Crippen molar-refractivity contribution in [3.05, 3.63) is 28.8 Å². The lowest BCUT2D eigenvalue weighted by Gasteiger charge is -2.32. The van der Waals surface area contributed by atoms with Crippen molar-refractivity contribution >= 4 is 5.84 Å². The maximum Gasteiger partial charge on any atom is 0.125 e. The molecular formula is C17H27N3O. The fourth-order valence-electron chi connectivity index (χ4n) is 3.14. The molecule has 0 amide bonds. The van der Waals surface area contributed by atoms with Gasteiger partial charge in [0.1, 0.15) is 11.6 Å². The number of nitrogen functional groups attached to an aromatic ring is 1. The van der Waals surface area contributed by atoms with E-state index in [1.165, 1.54) is 25.8 Å². The summed E-state index contributed by atoms with van der Waals surface area (Å²) in [6.45, 7) is 5.98. The molecule has 1 aromatic rings. The number of rotatable bonds is 5. The number of piperidine rings is 1. The molecule has 0 spiro atoms. The van der Waals surface area contributed by atoms with E-state index in [2.05, 4.69) is 11.9 Å². The van der Waals surface area contributed by atoms with Crippen molar-refractivity contribution in [1.82, 2.24) is 4.90 Å². The van der Waals surface area contributed by atoms with Gasteiger partial charge in [-0.25, -0.2) is 0 Å². The molecule has 116 valence electrons. The first-order valence-corrected chi connectivity index (χ1v) is 7.77. The largest absolute Gasteiger partial charge is 0.493 e. The summed E-state index contributed by atoms with van der Waals surface area (Å²) in [7, 11) is 2.21. The van der Waals surface area contributed by atoms with Gasteiger partial charge in [-0.3, -0.25) is 5.41 Å². The summed E-state index contributed by atoms with van der Waals surface area (Å²) in [6.07, 6.45) is 5.00. The number of likely N-dealkylation sites (tertiary alicyclic amines) is 1. The predicted molar refractivity (Wildman–Crippen MR) is 87.3 cm³/mol. The molecule has 21 heavy (non-hydrogen) atoms. The zero-order valence-electron chi connectivity index (χ0n) is 13.4. The first kappa shape index (κ1) is 15.8. The Bertz CT molecular complexity index is 490. The highest BCUT2D eigenvalue weighted by atomic mass is 16.5. The average Bonchev–Trinajstić information content (AvgIpc) is 2.43. The van der Waals surface area contributed by atoms with Crippen LogP contribution in [-0.2, 0) is 0 Å². The summed E-state index contributed by atoms with van der Waals surface area (Å²) in [5.41, 5.74) is 8.43. The van der Waals surface area contributed by atoms with Crippen LogP contribution in [0.25, 0.3) is 0 Å². The van der Waals surface area contributed by atoms with Crippen molar-refractivity contribution in [2.75, 3.05) is 20.2 Å². The fourth-order valence-corrected chi connectivity index (χ4v) is 3.14. The number of amidine groups is 1. The van der Waals surface area contributed by atoms with Gasteiger partial charge in [0.2, 0.25) is 0 Å². The molecule has 1 atom stereocenters. The quantitative estimate of drug-likeness (QED) is 0.647. The Kier molecular flexibility index (Phi) is 5.23. The Morgan fingerprint density at radius 3 is 2.57 bits per heavy atom. The second kappa shape index (κ2) is 6.94. The highest BCUT2D eigenvalue weighted by molar-refractivity contribution is 5.95. The SMILES string of the molecule is Cc1cc(C(=N)N)cc(C)c1OCCC1CCCCN1C. The minimum atomic E-state index is 0.108. The van der Waals surface area contributed by atoms with E-state index in [-0.39, 0.29) is 5.84 Å². The highest BCUT2D eigenvalue weighted by Crippen LogP contribution is 2.25. The molecule has 1 aliphatic rings. The van der Waals surface area contributed by atoms with Crippen LogP contribution >= 0.6 is 0 Å². The van der Waals surface area contributed by atoms with E-state index >= 15 is 0 Å². The van der Waals surface area contributed by atoms with E-state index in [0.717, 1.165) is 35.5 Å². The second-order valence-corrected chi connectivity index (χ2v) is 6.12. The van der Waals surface area contributed by atoms with Crippen LogP contribution in [0.3, 0.4) is 0 Å². The summed E-state index contributed by atoms with van der Waals surface area (Å²) < 4.78 is 6.02. The lowest BCUT2D eigenvalue weighted by Crippen LogP contribution is -2.37. The molecule has 1 saturated heterocycles. The number of nitrogens with two attached hydrogens (primary N) is 1. The van der Waals surface area contributed by atoms with Crippen LogP contribution in [0.15, 0.2) is 12.1 Å². The first-order valence-electron chi connectivity index (χ1n) is 7.77. The zero-order valence-corrected chi connectivity index (χ0v) is 13.4. The lowest BCUT2D eigenvalue weighted by atomic mass is 10.0. The number of hydrogen-bond acceptors (Lipinski definition) is 3. The summed E-state index contributed by atoms with van der Waals surface area (Å²) in [4.78, 5) is 2.45. The van der Waals surface area contributed by atoms with Gasteiger partial charge in [-0.15, -0.1) is 0 Å². The predicted octanol–water partition coefficient (Wildman–Crippen LogP) is 2.84. The van der Waals surface area contributed by atoms with Gasteiger partial charge in [0.25, 0.3) is 0 Å². The normalized spacial score (nSPS) is 19.5. The number of nitrogens with one attached hydrogen (secondary N) is 1. The van der Waals surface area contributed by atoms with E-state index in [9.17, 15) is 0 Å². The van der Waals surface area contributed by atoms with Gasteiger partial charge in [0.05, 0.1) is 6.61 Å². The topological polar surface area (TPSA) is 62.3 Å². The number of aryl methyl sites for hydroxylation is 2. The van der Waals surface area contributed by atoms with Crippen LogP contribution in [0.5, 0.6) is 5.75 Å². The fraction of sp³-hybridized carbons (Fsp3) is 0.588. The minimum absolute atomic E-state index is 0.108. The summed E-state index contributed by atoms with van der Waals surface area (Å²) >= 11 is 0. The second-order valence-electron chi connectivity index (χ2n) is 6.12. The van der Waals surface area contributed by atoms with E-state index < -0.39 is 0 Å². The van der Waals surface area contributed by atoms with Crippen LogP contribution in [0.2, 0.25) is 0 Å². The molecule has 0 radical (unpaired) electrons. The van der Waals surface area contributed by atoms with E-state index in [1.54, 1.807) is 0 Å². The Morgan fingerprint density at radius 1 is 1.33 bits per heavy atom. The molecule has 3 N–H and O–H groups in total. The molecule has 0 aromatic heterocycles. The van der Waals surface area contributed by atoms with E-state index in [0.29, 0.717) is 6.04 Å². The Hall–Kier alpha value is -1.55. The Balaban J connectivity index is 1.95. The molecular weight excluding hydrogens is 262 g/mol. The van der Waals surface area contributed by atoms with Gasteiger partial charge in [-0.1, -0.05) is 6.42 Å². The highest BCUT2D eigenvalue weighted by Gasteiger charge is 2.18. The molecule has 1 unspecified atom stereocenters. The van der Waals surface area contributed by atoms with Crippen molar-refractivity contribution in [2.45, 2.75) is 45.6 Å². The van der Waals surface area contributed by atoms with Crippen LogP contribution in [-0.4, -0.2) is 37.0 Å². The number of benzene rings is 1. The molecule has 1 fully saturated rings. The maximum absolute atomic E-state index is 7.52. The van der Waals surface area contributed by atoms with Crippen molar-refractivity contribution in [3.63, 3.8) is 0 Å².